The topological polar surface area (TPSA) is 50.4 Å². The molecule has 4 nitrogen and oxygen atoms in total. The van der Waals surface area contributed by atoms with E-state index >= 15 is 0 Å². The van der Waals surface area contributed by atoms with Gasteiger partial charge in [0.05, 0.1) is 13.2 Å². The molecule has 0 heterocycles. The number of carbonyl (C=O) groups is 1. The average Bonchev–Trinajstić information content (AvgIpc) is 2.65. The highest BCUT2D eigenvalue weighted by Crippen LogP contribution is 2.17. The first-order valence-corrected chi connectivity index (χ1v) is 9.57. The largest absolute Gasteiger partial charge is 0.494 e. The Morgan fingerprint density at radius 3 is 2.27 bits per heavy atom. The number of hydrogen-bond donors (Lipinski definition) is 2. The Hall–Kier alpha value is -2.20. The second kappa shape index (κ2) is 11.4. The molecule has 26 heavy (non-hydrogen) atoms. The van der Waals surface area contributed by atoms with E-state index in [-0.39, 0.29) is 12.5 Å². The molecular weight excluding hydrogens is 348 g/mol. The summed E-state index contributed by atoms with van der Waals surface area (Å²) >= 11 is 5.84. The maximum Gasteiger partial charge on any atom is 0.243 e. The van der Waals surface area contributed by atoms with Gasteiger partial charge in [0.2, 0.25) is 5.91 Å². The fraction of sp³-hybridized carbons (Fsp3) is 0.381. The van der Waals surface area contributed by atoms with Crippen molar-refractivity contribution in [2.45, 2.75) is 39.0 Å². The number of halogens is 1. The minimum atomic E-state index is -0.107. The van der Waals surface area contributed by atoms with E-state index in [0.29, 0.717) is 5.02 Å². The Bertz CT molecular complexity index is 657. The third-order valence-corrected chi connectivity index (χ3v) is 4.20. The van der Waals surface area contributed by atoms with Gasteiger partial charge in [0.25, 0.3) is 0 Å². The van der Waals surface area contributed by atoms with Crippen molar-refractivity contribution in [2.24, 2.45) is 0 Å². The number of nitrogens with one attached hydrogen (secondary N) is 2. The first kappa shape index (κ1) is 20.1. The molecule has 2 rings (SSSR count). The summed E-state index contributed by atoms with van der Waals surface area (Å²) in [7, 11) is 0. The van der Waals surface area contributed by atoms with Crippen LogP contribution in [0.4, 0.5) is 11.4 Å². The molecule has 0 bridgehead atoms. The van der Waals surface area contributed by atoms with Gasteiger partial charge in [-0.2, -0.15) is 0 Å². The highest BCUT2D eigenvalue weighted by molar-refractivity contribution is 6.30. The molecule has 0 fully saturated rings. The molecular formula is C21H27ClN2O2. The van der Waals surface area contributed by atoms with Crippen LogP contribution in [0.5, 0.6) is 5.75 Å². The number of rotatable bonds is 11. The SMILES string of the molecule is CCCCCCCOc1ccc(NC(=O)CNc2ccc(Cl)cc2)cc1. The van der Waals surface area contributed by atoms with Crippen molar-refractivity contribution in [2.75, 3.05) is 23.8 Å². The van der Waals surface area contributed by atoms with Gasteiger partial charge in [-0.15, -0.1) is 0 Å². The van der Waals surface area contributed by atoms with E-state index in [1.807, 2.05) is 36.4 Å². The van der Waals surface area contributed by atoms with Crippen molar-refractivity contribution in [3.63, 3.8) is 0 Å². The summed E-state index contributed by atoms with van der Waals surface area (Å²) in [5, 5.41) is 6.58. The highest BCUT2D eigenvalue weighted by atomic mass is 35.5. The van der Waals surface area contributed by atoms with Crippen molar-refractivity contribution < 1.29 is 9.53 Å². The lowest BCUT2D eigenvalue weighted by atomic mass is 10.2. The van der Waals surface area contributed by atoms with Crippen molar-refractivity contribution in [1.29, 1.82) is 0 Å². The fourth-order valence-electron chi connectivity index (χ4n) is 2.49. The summed E-state index contributed by atoms with van der Waals surface area (Å²) in [6.45, 7) is 3.14. The molecule has 2 aromatic rings. The van der Waals surface area contributed by atoms with E-state index in [2.05, 4.69) is 17.6 Å². The zero-order valence-electron chi connectivity index (χ0n) is 15.3. The van der Waals surface area contributed by atoms with Crippen molar-refractivity contribution in [1.82, 2.24) is 0 Å². The fourth-order valence-corrected chi connectivity index (χ4v) is 2.61. The molecule has 1 amide bonds. The highest BCUT2D eigenvalue weighted by Gasteiger charge is 2.03. The number of ether oxygens (including phenoxy) is 1. The molecule has 0 aliphatic carbocycles. The third-order valence-electron chi connectivity index (χ3n) is 3.95. The van der Waals surface area contributed by atoms with Gasteiger partial charge in [0.15, 0.2) is 0 Å². The van der Waals surface area contributed by atoms with Crippen molar-refractivity contribution >= 4 is 28.9 Å². The number of anilines is 2. The predicted octanol–water partition coefficient (Wildman–Crippen LogP) is 5.74. The molecule has 0 aliphatic heterocycles. The van der Waals surface area contributed by atoms with E-state index in [9.17, 15) is 4.79 Å². The van der Waals surface area contributed by atoms with E-state index in [1.54, 1.807) is 12.1 Å². The van der Waals surface area contributed by atoms with Gasteiger partial charge in [-0.05, 0) is 55.0 Å². The van der Waals surface area contributed by atoms with Crippen LogP contribution in [-0.4, -0.2) is 19.1 Å². The second-order valence-electron chi connectivity index (χ2n) is 6.20. The molecule has 0 saturated heterocycles. The summed E-state index contributed by atoms with van der Waals surface area (Å²) < 4.78 is 5.73. The Morgan fingerprint density at radius 2 is 1.58 bits per heavy atom. The smallest absolute Gasteiger partial charge is 0.243 e. The number of amides is 1. The van der Waals surface area contributed by atoms with Gasteiger partial charge in [-0.1, -0.05) is 44.2 Å². The quantitative estimate of drug-likeness (QED) is 0.493. The first-order valence-electron chi connectivity index (χ1n) is 9.19. The Labute approximate surface area is 160 Å². The summed E-state index contributed by atoms with van der Waals surface area (Å²) in [4.78, 5) is 12.0. The van der Waals surface area contributed by atoms with Crippen LogP contribution in [0.15, 0.2) is 48.5 Å². The molecule has 2 aromatic carbocycles. The van der Waals surface area contributed by atoms with Gasteiger partial charge in [0, 0.05) is 16.4 Å². The maximum absolute atomic E-state index is 12.0. The zero-order valence-corrected chi connectivity index (χ0v) is 16.0. The Kier molecular flexibility index (Phi) is 8.84. The summed E-state index contributed by atoms with van der Waals surface area (Å²) in [5.41, 5.74) is 1.61. The summed E-state index contributed by atoms with van der Waals surface area (Å²) in [5.74, 6) is 0.724. The number of benzene rings is 2. The molecule has 0 saturated carbocycles. The second-order valence-corrected chi connectivity index (χ2v) is 6.63. The minimum Gasteiger partial charge on any atom is -0.494 e. The van der Waals surface area contributed by atoms with Gasteiger partial charge in [-0.25, -0.2) is 0 Å². The number of unbranched alkanes of at least 4 members (excludes halogenated alkanes) is 4. The summed E-state index contributed by atoms with van der Waals surface area (Å²) in [6, 6.07) is 14.7. The van der Waals surface area contributed by atoms with E-state index in [0.717, 1.165) is 30.2 Å². The van der Waals surface area contributed by atoms with Crippen LogP contribution < -0.4 is 15.4 Å². The lowest BCUT2D eigenvalue weighted by Crippen LogP contribution is -2.21. The van der Waals surface area contributed by atoms with E-state index in [1.165, 1.54) is 25.7 Å². The molecule has 0 atom stereocenters. The Morgan fingerprint density at radius 1 is 0.923 bits per heavy atom. The predicted molar refractivity (Wildman–Crippen MR) is 109 cm³/mol. The van der Waals surface area contributed by atoms with E-state index in [4.69, 9.17) is 16.3 Å². The Balaban J connectivity index is 1.67. The summed E-state index contributed by atoms with van der Waals surface area (Å²) in [6.07, 6.45) is 6.11. The monoisotopic (exact) mass is 374 g/mol. The van der Waals surface area contributed by atoms with Gasteiger partial charge < -0.3 is 15.4 Å². The average molecular weight is 375 g/mol. The van der Waals surface area contributed by atoms with Gasteiger partial charge in [-0.3, -0.25) is 4.79 Å². The minimum absolute atomic E-state index is 0.107. The lowest BCUT2D eigenvalue weighted by molar-refractivity contribution is -0.114. The first-order chi connectivity index (χ1) is 12.7. The van der Waals surface area contributed by atoms with Crippen LogP contribution in [-0.2, 0) is 4.79 Å². The van der Waals surface area contributed by atoms with Crippen LogP contribution in [0.1, 0.15) is 39.0 Å². The molecule has 5 heteroatoms. The zero-order chi connectivity index (χ0) is 18.6. The number of hydrogen-bond acceptors (Lipinski definition) is 3. The van der Waals surface area contributed by atoms with Gasteiger partial charge >= 0.3 is 0 Å². The standard InChI is InChI=1S/C21H27ClN2O2/c1-2-3-4-5-6-15-26-20-13-11-19(12-14-20)24-21(25)16-23-18-9-7-17(22)8-10-18/h7-14,23H,2-6,15-16H2,1H3,(H,24,25). The molecule has 0 aliphatic rings. The maximum atomic E-state index is 12.0. The van der Waals surface area contributed by atoms with Crippen molar-refractivity contribution in [3.8, 4) is 5.75 Å². The van der Waals surface area contributed by atoms with Crippen LogP contribution >= 0.6 is 11.6 Å². The molecule has 0 spiro atoms. The van der Waals surface area contributed by atoms with Crippen molar-refractivity contribution in [3.05, 3.63) is 53.6 Å². The third kappa shape index (κ3) is 7.79. The molecule has 140 valence electrons. The molecule has 0 radical (unpaired) electrons. The molecule has 2 N–H and O–H groups in total. The van der Waals surface area contributed by atoms with Crippen LogP contribution in [0.3, 0.4) is 0 Å². The molecule has 0 unspecified atom stereocenters. The van der Waals surface area contributed by atoms with Crippen LogP contribution in [0.2, 0.25) is 5.02 Å². The van der Waals surface area contributed by atoms with E-state index < -0.39 is 0 Å². The number of carbonyl (C=O) groups excluding carboxylic acids is 1. The van der Waals surface area contributed by atoms with Gasteiger partial charge in [0.1, 0.15) is 5.75 Å². The lowest BCUT2D eigenvalue weighted by Gasteiger charge is -2.09. The molecule has 0 aromatic heterocycles. The normalized spacial score (nSPS) is 10.4. The van der Waals surface area contributed by atoms with Crippen LogP contribution in [0, 0.1) is 0 Å². The van der Waals surface area contributed by atoms with Crippen LogP contribution in [0.25, 0.3) is 0 Å².